The molecule has 0 saturated heterocycles. The van der Waals surface area contributed by atoms with Gasteiger partial charge in [-0.2, -0.15) is 0 Å². The molecular formula is C12H18Zn. The van der Waals surface area contributed by atoms with Gasteiger partial charge in [0.15, 0.2) is 0 Å². The minimum atomic E-state index is -0.0417. The Labute approximate surface area is 96.6 Å². The molecule has 0 aliphatic carbocycles. The molecule has 0 spiro atoms. The van der Waals surface area contributed by atoms with Crippen LogP contribution in [0.3, 0.4) is 0 Å². The van der Waals surface area contributed by atoms with Crippen LogP contribution in [0.1, 0.15) is 41.5 Å². The Morgan fingerprint density at radius 3 is 0.769 bits per heavy atom. The van der Waals surface area contributed by atoms with Gasteiger partial charge in [-0.25, -0.2) is 0 Å². The summed E-state index contributed by atoms with van der Waals surface area (Å²) in [6.07, 6.45) is 13.2. The fourth-order valence-corrected chi connectivity index (χ4v) is 0. The topological polar surface area (TPSA) is 0 Å². The first-order chi connectivity index (χ1) is 5.12. The molecular weight excluding hydrogens is 210 g/mol. The van der Waals surface area contributed by atoms with E-state index in [0.29, 0.717) is 0 Å². The molecule has 0 fully saturated rings. The number of rotatable bonds is 0. The van der Waals surface area contributed by atoms with Crippen LogP contribution >= 0.6 is 0 Å². The molecule has 0 N–H and O–H groups in total. The summed E-state index contributed by atoms with van der Waals surface area (Å²) in [6, 6.07) is 0. The summed E-state index contributed by atoms with van der Waals surface area (Å²) >= 11 is 0. The van der Waals surface area contributed by atoms with Crippen LogP contribution < -0.4 is 0 Å². The van der Waals surface area contributed by atoms with Crippen molar-refractivity contribution in [2.24, 2.45) is 10.8 Å². The van der Waals surface area contributed by atoms with Gasteiger partial charge in [-0.15, -0.1) is 0 Å². The maximum Gasteiger partial charge on any atom is 2.00 e. The fourth-order valence-electron chi connectivity index (χ4n) is 0. The second-order valence-corrected chi connectivity index (χ2v) is 4.75. The first-order valence-electron chi connectivity index (χ1n) is 4.00. The predicted octanol–water partition coefficient (Wildman–Crippen LogP) is 3.24. The zero-order chi connectivity index (χ0) is 10.4. The molecule has 0 atom stereocenters. The first kappa shape index (κ1) is 18.5. The van der Waals surface area contributed by atoms with E-state index in [2.05, 4.69) is 11.8 Å². The molecule has 0 heterocycles. The van der Waals surface area contributed by atoms with E-state index < -0.39 is 0 Å². The summed E-state index contributed by atoms with van der Waals surface area (Å²) < 4.78 is 0. The third-order valence-corrected chi connectivity index (χ3v) is 0.750. The van der Waals surface area contributed by atoms with Crippen molar-refractivity contribution in [1.29, 1.82) is 0 Å². The van der Waals surface area contributed by atoms with Gasteiger partial charge in [-0.1, -0.05) is 41.5 Å². The van der Waals surface area contributed by atoms with E-state index in [1.807, 2.05) is 41.5 Å². The molecule has 0 aromatic rings. The third-order valence-electron chi connectivity index (χ3n) is 0.750. The predicted molar refractivity (Wildman–Crippen MR) is 53.2 cm³/mol. The molecule has 0 aliphatic heterocycles. The van der Waals surface area contributed by atoms with Crippen LogP contribution in [0.5, 0.6) is 0 Å². The van der Waals surface area contributed by atoms with E-state index in [4.69, 9.17) is 12.8 Å². The van der Waals surface area contributed by atoms with Gasteiger partial charge in [0.1, 0.15) is 0 Å². The molecule has 0 bridgehead atoms. The van der Waals surface area contributed by atoms with Crippen molar-refractivity contribution in [3.05, 3.63) is 12.8 Å². The molecule has 0 aromatic heterocycles. The van der Waals surface area contributed by atoms with Gasteiger partial charge in [0.2, 0.25) is 0 Å². The van der Waals surface area contributed by atoms with E-state index in [1.165, 1.54) is 0 Å². The fraction of sp³-hybridized carbons (Fsp3) is 0.667. The number of hydrogen-bond donors (Lipinski definition) is 0. The molecule has 0 saturated carbocycles. The van der Waals surface area contributed by atoms with Gasteiger partial charge in [0.05, 0.1) is 0 Å². The van der Waals surface area contributed by atoms with Gasteiger partial charge in [0, 0.05) is 0 Å². The smallest absolute Gasteiger partial charge is 0.693 e. The SMILES string of the molecule is [C-]#CC(C)(C)C.[C-]#CC(C)(C)C.[Zn+2]. The van der Waals surface area contributed by atoms with E-state index in [1.54, 1.807) is 0 Å². The second kappa shape index (κ2) is 7.18. The molecule has 0 radical (unpaired) electrons. The van der Waals surface area contributed by atoms with Crippen LogP contribution in [0.25, 0.3) is 0 Å². The molecule has 0 nitrogen and oxygen atoms in total. The van der Waals surface area contributed by atoms with Crippen LogP contribution in [-0.2, 0) is 19.5 Å². The zero-order valence-electron chi connectivity index (χ0n) is 9.71. The average molecular weight is 228 g/mol. The van der Waals surface area contributed by atoms with E-state index in [9.17, 15) is 0 Å². The van der Waals surface area contributed by atoms with E-state index >= 15 is 0 Å². The second-order valence-electron chi connectivity index (χ2n) is 4.75. The average Bonchev–Trinajstić information content (AvgIpc) is 1.86. The maximum atomic E-state index is 6.60. The Bertz CT molecular complexity index is 163. The first-order valence-corrected chi connectivity index (χ1v) is 4.00. The minimum Gasteiger partial charge on any atom is -0.693 e. The number of hydrogen-bond acceptors (Lipinski definition) is 0. The monoisotopic (exact) mass is 226 g/mol. The maximum absolute atomic E-state index is 6.60. The molecule has 0 aromatic carbocycles. The van der Waals surface area contributed by atoms with Crippen LogP contribution in [0.4, 0.5) is 0 Å². The molecule has 1 heteroatoms. The van der Waals surface area contributed by atoms with Crippen molar-refractivity contribution in [3.8, 4) is 11.8 Å². The summed E-state index contributed by atoms with van der Waals surface area (Å²) in [5.74, 6) is 4.71. The van der Waals surface area contributed by atoms with Crippen molar-refractivity contribution < 1.29 is 19.5 Å². The van der Waals surface area contributed by atoms with Gasteiger partial charge >= 0.3 is 19.5 Å². The molecule has 0 aliphatic rings. The van der Waals surface area contributed by atoms with Gasteiger partial charge in [-0.05, 0) is 10.8 Å². The molecule has 0 rings (SSSR count). The van der Waals surface area contributed by atoms with Crippen molar-refractivity contribution >= 4 is 0 Å². The zero-order valence-corrected chi connectivity index (χ0v) is 12.7. The summed E-state index contributed by atoms with van der Waals surface area (Å²) in [6.45, 7) is 11.7. The third kappa shape index (κ3) is 33.8. The summed E-state index contributed by atoms with van der Waals surface area (Å²) in [7, 11) is 0. The summed E-state index contributed by atoms with van der Waals surface area (Å²) in [5, 5.41) is 0. The van der Waals surface area contributed by atoms with Crippen LogP contribution in [0, 0.1) is 35.5 Å². The van der Waals surface area contributed by atoms with E-state index in [0.717, 1.165) is 0 Å². The van der Waals surface area contributed by atoms with Crippen molar-refractivity contribution in [2.45, 2.75) is 41.5 Å². The standard InChI is InChI=1S/2C6H9.Zn/c2*1-5-6(2,3)4;/h2*2-4H3;/q2*-1;+2. The molecule has 0 unspecified atom stereocenters. The normalized spacial score (nSPS) is 9.54. The Morgan fingerprint density at radius 1 is 0.692 bits per heavy atom. The summed E-state index contributed by atoms with van der Waals surface area (Å²) in [5.41, 5.74) is -0.0833. The van der Waals surface area contributed by atoms with Crippen molar-refractivity contribution in [2.75, 3.05) is 0 Å². The van der Waals surface area contributed by atoms with Crippen LogP contribution in [-0.4, -0.2) is 0 Å². The molecule has 68 valence electrons. The minimum absolute atomic E-state index is 0. The van der Waals surface area contributed by atoms with E-state index in [-0.39, 0.29) is 30.3 Å². The largest absolute Gasteiger partial charge is 2.00 e. The van der Waals surface area contributed by atoms with Gasteiger partial charge in [0.25, 0.3) is 0 Å². The Kier molecular flexibility index (Phi) is 10.2. The van der Waals surface area contributed by atoms with Crippen molar-refractivity contribution in [1.82, 2.24) is 0 Å². The van der Waals surface area contributed by atoms with Crippen LogP contribution in [0.15, 0.2) is 0 Å². The van der Waals surface area contributed by atoms with Crippen LogP contribution in [0.2, 0.25) is 0 Å². The molecule has 13 heavy (non-hydrogen) atoms. The quantitative estimate of drug-likeness (QED) is 0.339. The Morgan fingerprint density at radius 2 is 0.769 bits per heavy atom. The Balaban J connectivity index is -0.000000143. The van der Waals surface area contributed by atoms with Gasteiger partial charge in [-0.3, -0.25) is 0 Å². The Hall–Kier alpha value is -0.257. The van der Waals surface area contributed by atoms with Crippen molar-refractivity contribution in [3.63, 3.8) is 0 Å². The summed E-state index contributed by atoms with van der Waals surface area (Å²) in [4.78, 5) is 0. The van der Waals surface area contributed by atoms with Gasteiger partial charge < -0.3 is 24.7 Å². The molecule has 0 amide bonds.